The third kappa shape index (κ3) is 13.8. The van der Waals surface area contributed by atoms with E-state index in [0.29, 0.717) is 13.1 Å². The Morgan fingerprint density at radius 2 is 0.955 bits per heavy atom. The van der Waals surface area contributed by atoms with Crippen molar-refractivity contribution in [1.82, 2.24) is 41.0 Å². The molecule has 0 radical (unpaired) electrons. The van der Waals surface area contributed by atoms with E-state index in [9.17, 15) is 29.4 Å². The lowest BCUT2D eigenvalue weighted by atomic mass is 9.85. The molecule has 0 bridgehead atoms. The Kier molecular flexibility index (Phi) is 17.8. The second-order valence-electron chi connectivity index (χ2n) is 20.4. The van der Waals surface area contributed by atoms with Crippen LogP contribution in [0.4, 0.5) is 0 Å². The highest BCUT2D eigenvalue weighted by molar-refractivity contribution is 7.13. The summed E-state index contributed by atoms with van der Waals surface area (Å²) in [5.41, 5.74) is 9.18. The first-order chi connectivity index (χ1) is 30.9. The highest BCUT2D eigenvalue weighted by atomic mass is 32.1. The first-order valence-corrected chi connectivity index (χ1v) is 24.7. The second-order valence-corrected chi connectivity index (χ2v) is 22.1. The van der Waals surface area contributed by atoms with Gasteiger partial charge in [0.15, 0.2) is 0 Å². The van der Waals surface area contributed by atoms with E-state index < -0.39 is 36.4 Å². The van der Waals surface area contributed by atoms with Crippen LogP contribution in [0.15, 0.2) is 59.6 Å². The van der Waals surface area contributed by atoms with E-state index in [1.54, 1.807) is 32.5 Å². The number of aliphatic hydroxyl groups excluding tert-OH is 2. The highest BCUT2D eigenvalue weighted by Crippen LogP contribution is 2.31. The molecule has 360 valence electrons. The number of carbonyl (C=O) groups excluding carboxylic acids is 4. The van der Waals surface area contributed by atoms with Crippen molar-refractivity contribution in [1.29, 1.82) is 0 Å². The number of hydrogen-bond acceptors (Lipinski definition) is 12. The Labute approximate surface area is 399 Å². The van der Waals surface area contributed by atoms with Crippen LogP contribution in [0, 0.1) is 24.7 Å². The van der Waals surface area contributed by atoms with Crippen molar-refractivity contribution in [3.63, 3.8) is 0 Å². The van der Waals surface area contributed by atoms with Gasteiger partial charge in [-0.3, -0.25) is 19.2 Å². The van der Waals surface area contributed by atoms with Crippen LogP contribution in [-0.2, 0) is 32.3 Å². The van der Waals surface area contributed by atoms with Crippen LogP contribution in [0.2, 0.25) is 0 Å². The van der Waals surface area contributed by atoms with E-state index in [0.717, 1.165) is 43.4 Å². The lowest BCUT2D eigenvalue weighted by Gasteiger charge is -2.36. The van der Waals surface area contributed by atoms with Gasteiger partial charge >= 0.3 is 0 Å². The predicted molar refractivity (Wildman–Crippen MR) is 264 cm³/mol. The smallest absolute Gasteiger partial charge is 0.243 e. The Bertz CT molecular complexity index is 2090. The van der Waals surface area contributed by atoms with E-state index in [2.05, 4.69) is 31.2 Å². The second kappa shape index (κ2) is 22.5. The lowest BCUT2D eigenvalue weighted by Crippen LogP contribution is -2.57. The van der Waals surface area contributed by atoms with Gasteiger partial charge < -0.3 is 41.3 Å². The highest BCUT2D eigenvalue weighted by Gasteiger charge is 2.45. The number of aromatic nitrogens is 2. The van der Waals surface area contributed by atoms with Gasteiger partial charge in [0, 0.05) is 51.1 Å². The molecule has 2 aliphatic rings. The fourth-order valence-electron chi connectivity index (χ4n) is 8.31. The van der Waals surface area contributed by atoms with E-state index in [1.165, 1.54) is 0 Å². The number of nitrogens with one attached hydrogen (secondary N) is 4. The molecule has 2 aromatic heterocycles. The monoisotopic (exact) mass is 945 g/mol. The van der Waals surface area contributed by atoms with E-state index in [-0.39, 0.29) is 72.5 Å². The van der Waals surface area contributed by atoms with Crippen molar-refractivity contribution in [3.05, 3.63) is 82.1 Å². The summed E-state index contributed by atoms with van der Waals surface area (Å²) in [5.74, 6) is -0.756. The Morgan fingerprint density at radius 1 is 0.621 bits per heavy atom. The lowest BCUT2D eigenvalue weighted by molar-refractivity contribution is -0.142. The molecule has 0 aliphatic carbocycles. The summed E-state index contributed by atoms with van der Waals surface area (Å²) >= 11 is 3.21. The van der Waals surface area contributed by atoms with Gasteiger partial charge in [-0.15, -0.1) is 22.7 Å². The molecule has 16 heteroatoms. The number of aliphatic hydroxyl groups is 2. The van der Waals surface area contributed by atoms with Gasteiger partial charge in [-0.25, -0.2) is 9.97 Å². The van der Waals surface area contributed by atoms with Crippen LogP contribution < -0.4 is 21.3 Å². The quantitative estimate of drug-likeness (QED) is 0.0848. The summed E-state index contributed by atoms with van der Waals surface area (Å²) in [7, 11) is 0. The number of rotatable bonds is 14. The minimum Gasteiger partial charge on any atom is -0.391 e. The number of likely N-dealkylation sites (tertiary alicyclic amines) is 2. The number of β-amino-alcohol motifs (C(OH)–C–C–N with tert-alkyl or cyclic N) is 2. The maximum Gasteiger partial charge on any atom is 0.243 e. The Balaban J connectivity index is 0.000000247. The summed E-state index contributed by atoms with van der Waals surface area (Å²) in [6, 6.07) is 14.1. The van der Waals surface area contributed by atoms with Crippen LogP contribution in [0.25, 0.3) is 20.9 Å². The van der Waals surface area contributed by atoms with Crippen LogP contribution >= 0.6 is 22.7 Å². The predicted octanol–water partition coefficient (Wildman–Crippen LogP) is 6.22. The Morgan fingerprint density at radius 3 is 1.23 bits per heavy atom. The maximum absolute atomic E-state index is 13.4. The van der Waals surface area contributed by atoms with E-state index >= 15 is 0 Å². The fourth-order valence-corrected chi connectivity index (χ4v) is 9.94. The van der Waals surface area contributed by atoms with Crippen molar-refractivity contribution < 1.29 is 29.4 Å². The molecule has 2 aromatic carbocycles. The minimum atomic E-state index is -0.703. The summed E-state index contributed by atoms with van der Waals surface area (Å²) in [6.45, 7) is 25.1. The van der Waals surface area contributed by atoms with Gasteiger partial charge in [0.25, 0.3) is 0 Å². The molecule has 0 saturated carbocycles. The van der Waals surface area contributed by atoms with Gasteiger partial charge in [-0.05, 0) is 46.9 Å². The van der Waals surface area contributed by atoms with Crippen LogP contribution in [0.3, 0.4) is 0 Å². The van der Waals surface area contributed by atoms with Gasteiger partial charge in [-0.1, -0.05) is 118 Å². The Hall–Kier alpha value is -4.58. The molecule has 4 heterocycles. The summed E-state index contributed by atoms with van der Waals surface area (Å²) < 4.78 is 0. The number of carbonyl (C=O) groups is 4. The van der Waals surface area contributed by atoms with Crippen molar-refractivity contribution in [3.8, 4) is 20.9 Å². The van der Waals surface area contributed by atoms with Gasteiger partial charge in [0.05, 0.1) is 56.5 Å². The molecular formula is C50H72N8O6S2. The van der Waals surface area contributed by atoms with E-state index in [1.807, 2.05) is 143 Å². The molecule has 2 aliphatic heterocycles. The molecule has 4 amide bonds. The zero-order valence-electron chi connectivity index (χ0n) is 40.8. The maximum atomic E-state index is 13.4. The van der Waals surface area contributed by atoms with Crippen LogP contribution in [0.5, 0.6) is 0 Å². The molecule has 2 saturated heterocycles. The first kappa shape index (κ1) is 52.4. The molecule has 6 atom stereocenters. The molecule has 0 unspecified atom stereocenters. The first-order valence-electron chi connectivity index (χ1n) is 23.0. The zero-order chi connectivity index (χ0) is 48.7. The van der Waals surface area contributed by atoms with Crippen molar-refractivity contribution in [2.45, 2.75) is 157 Å². The number of thiazole rings is 2. The van der Waals surface area contributed by atoms with Gasteiger partial charge in [-0.2, -0.15) is 0 Å². The number of amides is 4. The molecule has 0 spiro atoms. The summed E-state index contributed by atoms with van der Waals surface area (Å²) in [6.07, 6.45) is -0.906. The van der Waals surface area contributed by atoms with Crippen LogP contribution in [-0.4, -0.2) is 115 Å². The topological polar surface area (TPSA) is 189 Å². The SMILES string of the molecule is Cc1ncsc1-c1ccc(CNC(=O)[C@@H]2C[C@@H](O)CN2C(=O)[C@@H](NC(C)C)C(C)(C)C)cc1.Cc1ncsc1-c1ccc(CNC(=O)[C@H]2C[C@H](O)CN2C(=O)[C@@H](NC(C)C)C(C)(C)C)cc1. The number of benzene rings is 2. The third-order valence-electron chi connectivity index (χ3n) is 11.8. The molecule has 66 heavy (non-hydrogen) atoms. The largest absolute Gasteiger partial charge is 0.391 e. The van der Waals surface area contributed by atoms with E-state index in [4.69, 9.17) is 0 Å². The van der Waals surface area contributed by atoms with Gasteiger partial charge in [0.1, 0.15) is 12.1 Å². The standard InChI is InChI=1S/2C25H36N4O3S/c2*1-15(2)28-22(25(4,5)6)24(32)29-13-19(30)11-20(29)23(31)26-12-17-7-9-18(10-8-17)21-16(3)27-14-33-21/h2*7-10,14-15,19-20,22,28,30H,11-13H2,1-6H3,(H,26,31)/t19-,20+,22+;19-,20+,22-/m01/s1. The number of hydrogen-bond donors (Lipinski definition) is 6. The van der Waals surface area contributed by atoms with Crippen LogP contribution in [0.1, 0.15) is 105 Å². The number of aryl methyl sites for hydroxylation is 2. The van der Waals surface area contributed by atoms with Crippen molar-refractivity contribution >= 4 is 46.3 Å². The van der Waals surface area contributed by atoms with Crippen molar-refractivity contribution in [2.24, 2.45) is 10.8 Å². The van der Waals surface area contributed by atoms with Crippen molar-refractivity contribution in [2.75, 3.05) is 13.1 Å². The normalized spacial score (nSPS) is 19.7. The minimum absolute atomic E-state index is 0.120. The molecule has 4 aromatic rings. The molecular weight excluding hydrogens is 873 g/mol. The molecule has 6 rings (SSSR count). The average Bonchev–Trinajstić information content (AvgIpc) is 4.06. The third-order valence-corrected chi connectivity index (χ3v) is 13.8. The average molecular weight is 945 g/mol. The fraction of sp³-hybridized carbons (Fsp3) is 0.560. The number of nitrogens with zero attached hydrogens (tertiary/aromatic N) is 4. The molecule has 2 fully saturated rings. The summed E-state index contributed by atoms with van der Waals surface area (Å²) in [4.78, 5) is 66.8. The zero-order valence-corrected chi connectivity index (χ0v) is 42.4. The molecule has 14 nitrogen and oxygen atoms in total. The van der Waals surface area contributed by atoms with Gasteiger partial charge in [0.2, 0.25) is 23.6 Å². The summed E-state index contributed by atoms with van der Waals surface area (Å²) in [5, 5.41) is 33.1. The molecule has 6 N–H and O–H groups in total.